The number of phosphoric acid groups is 1. The summed E-state index contributed by atoms with van der Waals surface area (Å²) in [7, 11) is -4.64. The molecule has 0 aromatic heterocycles. The van der Waals surface area contributed by atoms with E-state index < -0.39 is 7.82 Å². The second-order valence-corrected chi connectivity index (χ2v) is 4.47. The molecule has 7 heteroatoms. The molecule has 1 aliphatic heterocycles. The van der Waals surface area contributed by atoms with Crippen LogP contribution < -0.4 is 0 Å². The van der Waals surface area contributed by atoms with Crippen LogP contribution in [0.25, 0.3) is 0 Å². The van der Waals surface area contributed by atoms with Crippen LogP contribution in [0.15, 0.2) is 0 Å². The Labute approximate surface area is 103 Å². The third-order valence-electron chi connectivity index (χ3n) is 1.49. The highest BCUT2D eigenvalue weighted by molar-refractivity contribution is 7.45. The molecule has 0 saturated carbocycles. The van der Waals surface area contributed by atoms with Crippen molar-refractivity contribution < 1.29 is 28.7 Å². The lowest BCUT2D eigenvalue weighted by Gasteiger charge is -1.99. The summed E-state index contributed by atoms with van der Waals surface area (Å²) >= 11 is 0. The molecule has 1 fully saturated rings. The van der Waals surface area contributed by atoms with Gasteiger partial charge in [-0.25, -0.2) is 4.57 Å². The van der Waals surface area contributed by atoms with Gasteiger partial charge in [-0.3, -0.25) is 0 Å². The summed E-state index contributed by atoms with van der Waals surface area (Å²) in [5, 5.41) is 0. The average Bonchev–Trinajstić information content (AvgIpc) is 3.02. The van der Waals surface area contributed by atoms with E-state index in [4.69, 9.17) is 24.0 Å². The predicted molar refractivity (Wildman–Crippen MR) is 65.7 cm³/mol. The van der Waals surface area contributed by atoms with E-state index >= 15 is 0 Å². The molecule has 0 spiro atoms. The maximum absolute atomic E-state index is 8.88. The van der Waals surface area contributed by atoms with Crippen LogP contribution in [0.1, 0.15) is 39.5 Å². The molecular weight excluding hydrogens is 247 g/mol. The number of hydrogen-bond donors (Lipinski definition) is 3. The first-order valence-electron chi connectivity index (χ1n) is 5.85. The third kappa shape index (κ3) is 63.8. The topological polar surface area (TPSA) is 99.5 Å². The zero-order valence-corrected chi connectivity index (χ0v) is 11.6. The fourth-order valence-electron chi connectivity index (χ4n) is 0.595. The van der Waals surface area contributed by atoms with E-state index in [0.717, 1.165) is 26.4 Å². The summed E-state index contributed by atoms with van der Waals surface area (Å²) in [5.41, 5.74) is 0. The van der Waals surface area contributed by atoms with Crippen molar-refractivity contribution in [2.75, 3.05) is 26.4 Å². The number of epoxide rings is 1. The lowest BCUT2D eigenvalue weighted by atomic mass is 10.3. The van der Waals surface area contributed by atoms with Gasteiger partial charge in [-0.15, -0.1) is 0 Å². The molecule has 0 atom stereocenters. The zero-order chi connectivity index (χ0) is 13.6. The minimum Gasteiger partial charge on any atom is -0.381 e. The first-order valence-corrected chi connectivity index (χ1v) is 7.42. The minimum atomic E-state index is -4.64. The molecule has 1 heterocycles. The molecule has 17 heavy (non-hydrogen) atoms. The molecule has 0 aliphatic carbocycles. The zero-order valence-electron chi connectivity index (χ0n) is 10.7. The van der Waals surface area contributed by atoms with Gasteiger partial charge in [-0.05, 0) is 12.8 Å². The Bertz CT molecular complexity index is 163. The number of rotatable bonds is 6. The quantitative estimate of drug-likeness (QED) is 0.386. The van der Waals surface area contributed by atoms with E-state index in [-0.39, 0.29) is 0 Å². The smallest absolute Gasteiger partial charge is 0.381 e. The van der Waals surface area contributed by atoms with Crippen LogP contribution in [-0.2, 0) is 14.0 Å². The highest BCUT2D eigenvalue weighted by Gasteiger charge is 2.00. The molecule has 1 rings (SSSR count). The van der Waals surface area contributed by atoms with Crippen LogP contribution in [0.4, 0.5) is 0 Å². The van der Waals surface area contributed by atoms with E-state index in [1.54, 1.807) is 0 Å². The molecule has 6 nitrogen and oxygen atoms in total. The van der Waals surface area contributed by atoms with Gasteiger partial charge in [-0.2, -0.15) is 0 Å². The van der Waals surface area contributed by atoms with Crippen LogP contribution in [-0.4, -0.2) is 41.1 Å². The summed E-state index contributed by atoms with van der Waals surface area (Å²) in [6.45, 7) is 8.28. The number of hydrogen-bond acceptors (Lipinski definition) is 3. The molecule has 0 amide bonds. The van der Waals surface area contributed by atoms with E-state index in [2.05, 4.69) is 18.6 Å². The van der Waals surface area contributed by atoms with Crippen LogP contribution >= 0.6 is 7.82 Å². The van der Waals surface area contributed by atoms with Gasteiger partial charge >= 0.3 is 7.82 Å². The lowest BCUT2D eigenvalue weighted by Crippen LogP contribution is -1.95. The van der Waals surface area contributed by atoms with E-state index in [0.29, 0.717) is 0 Å². The van der Waals surface area contributed by atoms with Gasteiger partial charge in [-0.1, -0.05) is 26.7 Å². The summed E-state index contributed by atoms with van der Waals surface area (Å²) < 4.78 is 18.7. The van der Waals surface area contributed by atoms with Crippen molar-refractivity contribution >= 4 is 7.82 Å². The van der Waals surface area contributed by atoms with Crippen molar-refractivity contribution in [1.29, 1.82) is 0 Å². The Morgan fingerprint density at radius 1 is 1.06 bits per heavy atom. The second-order valence-electron chi connectivity index (χ2n) is 3.45. The molecule has 0 radical (unpaired) electrons. The minimum absolute atomic E-state index is 0.955. The second kappa shape index (κ2) is 14.1. The van der Waals surface area contributed by atoms with Crippen molar-refractivity contribution in [1.82, 2.24) is 0 Å². The fourth-order valence-corrected chi connectivity index (χ4v) is 0.595. The molecule has 0 aromatic carbocycles. The predicted octanol–water partition coefficient (Wildman–Crippen LogP) is 1.69. The number of ether oxygens (including phenoxy) is 2. The van der Waals surface area contributed by atoms with Gasteiger partial charge in [0, 0.05) is 13.2 Å². The Morgan fingerprint density at radius 3 is 1.53 bits per heavy atom. The molecule has 0 aromatic rings. The van der Waals surface area contributed by atoms with Gasteiger partial charge in [0.05, 0.1) is 13.2 Å². The monoisotopic (exact) mass is 272 g/mol. The van der Waals surface area contributed by atoms with Crippen LogP contribution in [0, 0.1) is 0 Å². The summed E-state index contributed by atoms with van der Waals surface area (Å²) in [6.07, 6.45) is 4.91. The lowest BCUT2D eigenvalue weighted by molar-refractivity contribution is 0.128. The molecular formula is C10H25O6P. The molecule has 106 valence electrons. The van der Waals surface area contributed by atoms with E-state index in [9.17, 15) is 0 Å². The Balaban J connectivity index is 0. The SMILES string of the molecule is C1CO1.CCCCOCCCC.O=P(O)(O)O. The summed E-state index contributed by atoms with van der Waals surface area (Å²) in [4.78, 5) is 21.6. The Morgan fingerprint density at radius 2 is 1.35 bits per heavy atom. The molecule has 0 bridgehead atoms. The molecule has 1 aliphatic rings. The fraction of sp³-hybridized carbons (Fsp3) is 1.00. The third-order valence-corrected chi connectivity index (χ3v) is 1.49. The summed E-state index contributed by atoms with van der Waals surface area (Å²) in [5.74, 6) is 0. The van der Waals surface area contributed by atoms with Crippen molar-refractivity contribution in [3.63, 3.8) is 0 Å². The highest BCUT2D eigenvalue weighted by Crippen LogP contribution is 2.25. The van der Waals surface area contributed by atoms with Crippen LogP contribution in [0.5, 0.6) is 0 Å². The largest absolute Gasteiger partial charge is 0.466 e. The first kappa shape index (κ1) is 19.4. The molecule has 0 unspecified atom stereocenters. The van der Waals surface area contributed by atoms with Crippen molar-refractivity contribution in [2.24, 2.45) is 0 Å². The van der Waals surface area contributed by atoms with Gasteiger partial charge in [0.15, 0.2) is 0 Å². The van der Waals surface area contributed by atoms with Crippen LogP contribution in [0.3, 0.4) is 0 Å². The average molecular weight is 272 g/mol. The van der Waals surface area contributed by atoms with Crippen molar-refractivity contribution in [3.8, 4) is 0 Å². The van der Waals surface area contributed by atoms with Gasteiger partial charge < -0.3 is 24.2 Å². The van der Waals surface area contributed by atoms with Crippen molar-refractivity contribution in [2.45, 2.75) is 39.5 Å². The van der Waals surface area contributed by atoms with E-state index in [1.807, 2.05) is 0 Å². The van der Waals surface area contributed by atoms with Gasteiger partial charge in [0.1, 0.15) is 0 Å². The number of unbranched alkanes of at least 4 members (excludes halogenated alkanes) is 2. The molecule has 3 N–H and O–H groups in total. The van der Waals surface area contributed by atoms with Gasteiger partial charge in [0.25, 0.3) is 0 Å². The summed E-state index contributed by atoms with van der Waals surface area (Å²) in [6, 6.07) is 0. The van der Waals surface area contributed by atoms with Crippen LogP contribution in [0.2, 0.25) is 0 Å². The standard InChI is InChI=1S/C8H18O.C2H4O.H3O4P/c1-3-5-7-9-8-6-4-2;1-2-3-1;1-5(2,3)4/h3-8H2,1-2H3;1-2H2;(H3,1,2,3,4). The molecule has 1 saturated heterocycles. The Hall–Kier alpha value is 0.0300. The van der Waals surface area contributed by atoms with E-state index in [1.165, 1.54) is 25.7 Å². The normalized spacial score (nSPS) is 13.0. The maximum atomic E-state index is 8.88. The van der Waals surface area contributed by atoms with Gasteiger partial charge in [0.2, 0.25) is 0 Å². The first-order chi connectivity index (χ1) is 7.91. The van der Waals surface area contributed by atoms with Crippen molar-refractivity contribution in [3.05, 3.63) is 0 Å². The Kier molecular flexibility index (Phi) is 16.1. The maximum Gasteiger partial charge on any atom is 0.466 e. The highest BCUT2D eigenvalue weighted by atomic mass is 31.2.